The minimum atomic E-state index is -3.35. The molecule has 9 nitrogen and oxygen atoms in total. The highest BCUT2D eigenvalue weighted by atomic mass is 32.2. The lowest BCUT2D eigenvalue weighted by molar-refractivity contribution is -0.115. The van der Waals surface area contributed by atoms with Crippen molar-refractivity contribution in [3.8, 4) is 11.5 Å². The van der Waals surface area contributed by atoms with Crippen LogP contribution in [0.1, 0.15) is 23.7 Å². The van der Waals surface area contributed by atoms with E-state index in [9.17, 15) is 18.0 Å². The van der Waals surface area contributed by atoms with Crippen LogP contribution in [0.15, 0.2) is 58.2 Å². The average Bonchev–Trinajstić information content (AvgIpc) is 3.21. The molecule has 0 aliphatic carbocycles. The molecule has 2 N–H and O–H groups in total. The summed E-state index contributed by atoms with van der Waals surface area (Å²) in [5, 5.41) is 10.9. The van der Waals surface area contributed by atoms with Gasteiger partial charge in [-0.05, 0) is 48.5 Å². The van der Waals surface area contributed by atoms with Gasteiger partial charge in [0.15, 0.2) is 5.78 Å². The monoisotopic (exact) mass is 460 g/mol. The molecule has 2 aromatic carbocycles. The molecule has 0 bridgehead atoms. The van der Waals surface area contributed by atoms with E-state index in [2.05, 4.69) is 20.2 Å². The van der Waals surface area contributed by atoms with Gasteiger partial charge in [0.2, 0.25) is 21.8 Å². The first-order valence-electron chi connectivity index (χ1n) is 9.21. The molecule has 3 rings (SSSR count). The molecule has 0 saturated carbocycles. The number of carbonyl (C=O) groups excluding carboxylic acids is 2. The fourth-order valence-corrected chi connectivity index (χ4v) is 3.70. The SMILES string of the molecule is CCC(=O)Nc1ccc(C(=O)CSc2nnc(-c3ccc(NS(C)(=O)=O)cc3)o2)cc1. The van der Waals surface area contributed by atoms with Gasteiger partial charge in [0.05, 0.1) is 12.0 Å². The van der Waals surface area contributed by atoms with E-state index < -0.39 is 10.0 Å². The quantitative estimate of drug-likeness (QED) is 0.367. The Labute approximate surface area is 183 Å². The number of sulfonamides is 1. The van der Waals surface area contributed by atoms with Crippen molar-refractivity contribution in [3.63, 3.8) is 0 Å². The van der Waals surface area contributed by atoms with Crippen LogP contribution in [0.3, 0.4) is 0 Å². The van der Waals surface area contributed by atoms with Crippen molar-refractivity contribution in [1.82, 2.24) is 10.2 Å². The normalized spacial score (nSPS) is 11.2. The van der Waals surface area contributed by atoms with Crippen molar-refractivity contribution in [2.75, 3.05) is 22.0 Å². The number of hydrogen-bond donors (Lipinski definition) is 2. The maximum atomic E-state index is 12.4. The predicted molar refractivity (Wildman–Crippen MR) is 119 cm³/mol. The Morgan fingerprint density at radius 3 is 2.26 bits per heavy atom. The lowest BCUT2D eigenvalue weighted by Crippen LogP contribution is -2.09. The second-order valence-corrected chi connectivity index (χ2v) is 9.19. The van der Waals surface area contributed by atoms with Crippen molar-refractivity contribution in [1.29, 1.82) is 0 Å². The average molecular weight is 461 g/mol. The molecule has 0 aliphatic heterocycles. The third-order valence-electron chi connectivity index (χ3n) is 3.98. The molecule has 0 saturated heterocycles. The first-order chi connectivity index (χ1) is 14.7. The number of benzene rings is 2. The number of nitrogens with zero attached hydrogens (tertiary/aromatic N) is 2. The molecule has 1 aromatic heterocycles. The number of hydrogen-bond acceptors (Lipinski definition) is 8. The highest BCUT2D eigenvalue weighted by Gasteiger charge is 2.13. The maximum absolute atomic E-state index is 12.4. The summed E-state index contributed by atoms with van der Waals surface area (Å²) < 4.78 is 30.5. The van der Waals surface area contributed by atoms with Crippen LogP contribution < -0.4 is 10.0 Å². The van der Waals surface area contributed by atoms with Gasteiger partial charge in [0.1, 0.15) is 0 Å². The molecule has 0 fully saturated rings. The summed E-state index contributed by atoms with van der Waals surface area (Å²) in [6.07, 6.45) is 1.45. The Morgan fingerprint density at radius 1 is 1.00 bits per heavy atom. The van der Waals surface area contributed by atoms with E-state index >= 15 is 0 Å². The van der Waals surface area contributed by atoms with Gasteiger partial charge in [0, 0.05) is 28.9 Å². The van der Waals surface area contributed by atoms with Gasteiger partial charge in [0.25, 0.3) is 5.22 Å². The summed E-state index contributed by atoms with van der Waals surface area (Å²) >= 11 is 1.12. The van der Waals surface area contributed by atoms with E-state index in [1.807, 2.05) is 0 Å². The van der Waals surface area contributed by atoms with Crippen LogP contribution in [0.4, 0.5) is 11.4 Å². The van der Waals surface area contributed by atoms with Crippen molar-refractivity contribution >= 4 is 44.9 Å². The molecular formula is C20H20N4O5S2. The lowest BCUT2D eigenvalue weighted by atomic mass is 10.1. The number of aromatic nitrogens is 2. The number of thioether (sulfide) groups is 1. The van der Waals surface area contributed by atoms with E-state index in [-0.39, 0.29) is 28.6 Å². The van der Waals surface area contributed by atoms with Crippen molar-refractivity contribution in [2.45, 2.75) is 18.6 Å². The van der Waals surface area contributed by atoms with Crippen LogP contribution in [0.25, 0.3) is 11.5 Å². The molecule has 1 heterocycles. The third kappa shape index (κ3) is 6.66. The Kier molecular flexibility index (Phi) is 7.08. The predicted octanol–water partition coefficient (Wildman–Crippen LogP) is 3.43. The molecule has 3 aromatic rings. The first-order valence-corrected chi connectivity index (χ1v) is 12.1. The molecule has 11 heteroatoms. The second kappa shape index (κ2) is 9.75. The number of nitrogens with one attached hydrogen (secondary N) is 2. The highest BCUT2D eigenvalue weighted by Crippen LogP contribution is 2.25. The molecule has 0 aliphatic rings. The third-order valence-corrected chi connectivity index (χ3v) is 5.40. The number of Topliss-reactive ketones (excluding diaryl/α,β-unsaturated/α-hetero) is 1. The Bertz CT molecular complexity index is 1170. The summed E-state index contributed by atoms with van der Waals surface area (Å²) in [5.41, 5.74) is 2.19. The fraction of sp³-hybridized carbons (Fsp3) is 0.200. The summed E-state index contributed by atoms with van der Waals surface area (Å²) in [4.78, 5) is 23.8. The smallest absolute Gasteiger partial charge is 0.277 e. The summed E-state index contributed by atoms with van der Waals surface area (Å²) in [6.45, 7) is 1.76. The molecule has 0 unspecified atom stereocenters. The van der Waals surface area contributed by atoms with Crippen LogP contribution in [-0.2, 0) is 14.8 Å². The van der Waals surface area contributed by atoms with Gasteiger partial charge in [-0.1, -0.05) is 18.7 Å². The Balaban J connectivity index is 1.57. The summed E-state index contributed by atoms with van der Waals surface area (Å²) in [6, 6.07) is 13.1. The number of anilines is 2. The lowest BCUT2D eigenvalue weighted by Gasteiger charge is -2.04. The van der Waals surface area contributed by atoms with Gasteiger partial charge >= 0.3 is 0 Å². The number of ketones is 1. The summed E-state index contributed by atoms with van der Waals surface area (Å²) in [7, 11) is -3.35. The molecule has 0 spiro atoms. The zero-order chi connectivity index (χ0) is 22.4. The van der Waals surface area contributed by atoms with Gasteiger partial charge in [-0.3, -0.25) is 14.3 Å². The van der Waals surface area contributed by atoms with E-state index in [1.165, 1.54) is 0 Å². The van der Waals surface area contributed by atoms with Gasteiger partial charge in [-0.15, -0.1) is 10.2 Å². The molecule has 0 radical (unpaired) electrons. The van der Waals surface area contributed by atoms with E-state index in [0.29, 0.717) is 28.9 Å². The van der Waals surface area contributed by atoms with Crippen LogP contribution in [0.5, 0.6) is 0 Å². The minimum absolute atomic E-state index is 0.0943. The summed E-state index contributed by atoms with van der Waals surface area (Å²) in [5.74, 6) is 0.161. The van der Waals surface area contributed by atoms with Crippen molar-refractivity contribution in [3.05, 3.63) is 54.1 Å². The molecule has 31 heavy (non-hydrogen) atoms. The largest absolute Gasteiger partial charge is 0.411 e. The standard InChI is InChI=1S/C20H20N4O5S2/c1-3-18(26)21-15-8-4-13(5-9-15)17(25)12-30-20-23-22-19(29-20)14-6-10-16(11-7-14)24-31(2,27)28/h4-11,24H,3,12H2,1-2H3,(H,21,26). The van der Waals surface area contributed by atoms with E-state index in [0.717, 1.165) is 18.0 Å². The van der Waals surface area contributed by atoms with Crippen LogP contribution >= 0.6 is 11.8 Å². The van der Waals surface area contributed by atoms with Crippen LogP contribution in [-0.4, -0.2) is 42.3 Å². The van der Waals surface area contributed by atoms with Crippen molar-refractivity contribution in [2.24, 2.45) is 0 Å². The van der Waals surface area contributed by atoms with Gasteiger partial charge in [-0.25, -0.2) is 8.42 Å². The minimum Gasteiger partial charge on any atom is -0.411 e. The number of amides is 1. The fourth-order valence-electron chi connectivity index (χ4n) is 2.48. The Morgan fingerprint density at radius 2 is 1.65 bits per heavy atom. The molecule has 1 amide bonds. The highest BCUT2D eigenvalue weighted by molar-refractivity contribution is 7.99. The zero-order valence-electron chi connectivity index (χ0n) is 16.8. The second-order valence-electron chi connectivity index (χ2n) is 6.52. The Hall–Kier alpha value is -3.18. The van der Waals surface area contributed by atoms with E-state index in [4.69, 9.17) is 4.42 Å². The van der Waals surface area contributed by atoms with Crippen LogP contribution in [0, 0.1) is 0 Å². The molecule has 162 valence electrons. The van der Waals surface area contributed by atoms with Gasteiger partial charge in [-0.2, -0.15) is 0 Å². The van der Waals surface area contributed by atoms with Crippen LogP contribution in [0.2, 0.25) is 0 Å². The first kappa shape index (κ1) is 22.5. The van der Waals surface area contributed by atoms with E-state index in [1.54, 1.807) is 55.5 Å². The molecule has 0 atom stereocenters. The number of rotatable bonds is 9. The topological polar surface area (TPSA) is 131 Å². The van der Waals surface area contributed by atoms with Gasteiger partial charge < -0.3 is 9.73 Å². The molecular weight excluding hydrogens is 440 g/mol. The maximum Gasteiger partial charge on any atom is 0.277 e. The number of carbonyl (C=O) groups is 2. The van der Waals surface area contributed by atoms with Crippen molar-refractivity contribution < 1.29 is 22.4 Å². The zero-order valence-corrected chi connectivity index (χ0v) is 18.4.